The fourth-order valence-electron chi connectivity index (χ4n) is 2.78. The maximum Gasteiger partial charge on any atom is 0.256 e. The van der Waals surface area contributed by atoms with E-state index in [2.05, 4.69) is 11.4 Å². The Labute approximate surface area is 127 Å². The highest BCUT2D eigenvalue weighted by molar-refractivity contribution is 5.86. The molecule has 4 nitrogen and oxygen atoms in total. The molecule has 0 aliphatic carbocycles. The van der Waals surface area contributed by atoms with Gasteiger partial charge in [0.15, 0.2) is 5.60 Å². The Morgan fingerprint density at radius 1 is 1.43 bits per heavy atom. The number of carbonyl (C=O) groups excluding carboxylic acids is 1. The SMILES string of the molecule is Cc1cccc(CN2CCC[C@](O)(CNC(C)C)C2=O)c1. The molecule has 0 unspecified atom stereocenters. The molecule has 21 heavy (non-hydrogen) atoms. The Balaban J connectivity index is 2.05. The zero-order valence-electron chi connectivity index (χ0n) is 13.2. The van der Waals surface area contributed by atoms with Gasteiger partial charge in [0.1, 0.15) is 0 Å². The molecule has 0 radical (unpaired) electrons. The van der Waals surface area contributed by atoms with Gasteiger partial charge in [-0.3, -0.25) is 4.79 Å². The fourth-order valence-corrected chi connectivity index (χ4v) is 2.78. The second-order valence-corrected chi connectivity index (χ2v) is 6.39. The van der Waals surface area contributed by atoms with Gasteiger partial charge in [0.05, 0.1) is 0 Å². The van der Waals surface area contributed by atoms with Crippen LogP contribution in [0.3, 0.4) is 0 Å². The van der Waals surface area contributed by atoms with Crippen molar-refractivity contribution in [3.05, 3.63) is 35.4 Å². The number of hydrogen-bond donors (Lipinski definition) is 2. The van der Waals surface area contributed by atoms with E-state index in [1.54, 1.807) is 4.90 Å². The van der Waals surface area contributed by atoms with E-state index in [-0.39, 0.29) is 11.9 Å². The Morgan fingerprint density at radius 2 is 2.19 bits per heavy atom. The van der Waals surface area contributed by atoms with Crippen molar-refractivity contribution in [2.75, 3.05) is 13.1 Å². The van der Waals surface area contributed by atoms with Gasteiger partial charge in [-0.15, -0.1) is 0 Å². The molecule has 1 fully saturated rings. The van der Waals surface area contributed by atoms with Crippen LogP contribution in [0.4, 0.5) is 0 Å². The number of carbonyl (C=O) groups is 1. The van der Waals surface area contributed by atoms with E-state index >= 15 is 0 Å². The number of aliphatic hydroxyl groups is 1. The predicted molar refractivity (Wildman–Crippen MR) is 83.9 cm³/mol. The van der Waals surface area contributed by atoms with E-state index < -0.39 is 5.60 Å². The lowest BCUT2D eigenvalue weighted by atomic mass is 9.91. The lowest BCUT2D eigenvalue weighted by Gasteiger charge is -2.38. The minimum atomic E-state index is -1.26. The highest BCUT2D eigenvalue weighted by Gasteiger charge is 2.41. The molecule has 1 saturated heterocycles. The quantitative estimate of drug-likeness (QED) is 0.870. The second kappa shape index (κ2) is 6.58. The zero-order valence-corrected chi connectivity index (χ0v) is 13.2. The van der Waals surface area contributed by atoms with Gasteiger partial charge in [-0.1, -0.05) is 43.7 Å². The van der Waals surface area contributed by atoms with Gasteiger partial charge in [-0.25, -0.2) is 0 Å². The molecule has 1 heterocycles. The Morgan fingerprint density at radius 3 is 2.86 bits per heavy atom. The maximum atomic E-state index is 12.6. The molecule has 1 aromatic carbocycles. The van der Waals surface area contributed by atoms with Gasteiger partial charge < -0.3 is 15.3 Å². The van der Waals surface area contributed by atoms with Crippen LogP contribution in [0.1, 0.15) is 37.8 Å². The number of aryl methyl sites for hydroxylation is 1. The molecule has 1 aliphatic rings. The molecule has 0 bridgehead atoms. The molecular weight excluding hydrogens is 264 g/mol. The summed E-state index contributed by atoms with van der Waals surface area (Å²) >= 11 is 0. The summed E-state index contributed by atoms with van der Waals surface area (Å²) in [6.07, 6.45) is 1.38. The van der Waals surface area contributed by atoms with Crippen LogP contribution in [-0.4, -0.2) is 40.6 Å². The highest BCUT2D eigenvalue weighted by Crippen LogP contribution is 2.24. The summed E-state index contributed by atoms with van der Waals surface area (Å²) < 4.78 is 0. The lowest BCUT2D eigenvalue weighted by Crippen LogP contribution is -2.58. The van der Waals surface area contributed by atoms with E-state index in [0.29, 0.717) is 19.5 Å². The molecule has 0 saturated carbocycles. The molecule has 2 rings (SSSR count). The minimum absolute atomic E-state index is 0.150. The van der Waals surface area contributed by atoms with Crippen molar-refractivity contribution in [3.63, 3.8) is 0 Å². The van der Waals surface area contributed by atoms with Crippen LogP contribution in [-0.2, 0) is 11.3 Å². The Hall–Kier alpha value is -1.39. The molecule has 1 aliphatic heterocycles. The molecule has 1 amide bonds. The summed E-state index contributed by atoms with van der Waals surface area (Å²) in [6.45, 7) is 7.70. The monoisotopic (exact) mass is 290 g/mol. The normalized spacial score (nSPS) is 22.9. The van der Waals surface area contributed by atoms with Crippen LogP contribution in [0.5, 0.6) is 0 Å². The maximum absolute atomic E-state index is 12.6. The third-order valence-corrected chi connectivity index (χ3v) is 3.96. The molecule has 1 aromatic rings. The van der Waals surface area contributed by atoms with Crippen LogP contribution >= 0.6 is 0 Å². The molecule has 0 aromatic heterocycles. The van der Waals surface area contributed by atoms with E-state index in [1.165, 1.54) is 5.56 Å². The fraction of sp³-hybridized carbons (Fsp3) is 0.588. The smallest absolute Gasteiger partial charge is 0.256 e. The summed E-state index contributed by atoms with van der Waals surface area (Å²) in [6, 6.07) is 8.43. The van der Waals surface area contributed by atoms with Crippen molar-refractivity contribution in [2.45, 2.75) is 51.8 Å². The lowest BCUT2D eigenvalue weighted by molar-refractivity contribution is -0.157. The van der Waals surface area contributed by atoms with Crippen molar-refractivity contribution in [2.24, 2.45) is 0 Å². The van der Waals surface area contributed by atoms with Gasteiger partial charge in [-0.2, -0.15) is 0 Å². The number of rotatable bonds is 5. The van der Waals surface area contributed by atoms with Gasteiger partial charge >= 0.3 is 0 Å². The highest BCUT2D eigenvalue weighted by atomic mass is 16.3. The standard InChI is InChI=1S/C17H26N2O2/c1-13(2)18-12-17(21)8-5-9-19(16(17)20)11-15-7-4-6-14(3)10-15/h4,6-7,10,13,18,21H,5,8-9,11-12H2,1-3H3/t17-/m0/s1. The van der Waals surface area contributed by atoms with Crippen molar-refractivity contribution < 1.29 is 9.90 Å². The van der Waals surface area contributed by atoms with Crippen LogP contribution in [0.25, 0.3) is 0 Å². The zero-order chi connectivity index (χ0) is 15.5. The summed E-state index contributed by atoms with van der Waals surface area (Å²) in [7, 11) is 0. The summed E-state index contributed by atoms with van der Waals surface area (Å²) in [5.74, 6) is -0.150. The van der Waals surface area contributed by atoms with Crippen molar-refractivity contribution in [1.29, 1.82) is 0 Å². The first-order valence-electron chi connectivity index (χ1n) is 7.71. The second-order valence-electron chi connectivity index (χ2n) is 6.39. The van der Waals surface area contributed by atoms with Crippen LogP contribution < -0.4 is 5.32 Å². The first kappa shape index (κ1) is 16.0. The van der Waals surface area contributed by atoms with Crippen molar-refractivity contribution >= 4 is 5.91 Å². The summed E-state index contributed by atoms with van der Waals surface area (Å²) in [4.78, 5) is 14.4. The van der Waals surface area contributed by atoms with Gasteiger partial charge in [-0.05, 0) is 25.3 Å². The number of nitrogens with zero attached hydrogens (tertiary/aromatic N) is 1. The Bertz CT molecular complexity index is 501. The first-order valence-corrected chi connectivity index (χ1v) is 7.71. The summed E-state index contributed by atoms with van der Waals surface area (Å²) in [5.41, 5.74) is 1.05. The average Bonchev–Trinajstić information content (AvgIpc) is 2.42. The molecular formula is C17H26N2O2. The third-order valence-electron chi connectivity index (χ3n) is 3.96. The average molecular weight is 290 g/mol. The van der Waals surface area contributed by atoms with Crippen LogP contribution in [0.2, 0.25) is 0 Å². The number of likely N-dealkylation sites (tertiary alicyclic amines) is 1. The minimum Gasteiger partial charge on any atom is -0.379 e. The first-order chi connectivity index (χ1) is 9.90. The van der Waals surface area contributed by atoms with Gasteiger partial charge in [0.25, 0.3) is 5.91 Å². The van der Waals surface area contributed by atoms with Crippen LogP contribution in [0, 0.1) is 6.92 Å². The molecule has 1 atom stereocenters. The number of hydrogen-bond acceptors (Lipinski definition) is 3. The molecule has 4 heteroatoms. The van der Waals surface area contributed by atoms with Gasteiger partial charge in [0, 0.05) is 25.7 Å². The topological polar surface area (TPSA) is 52.6 Å². The molecule has 116 valence electrons. The predicted octanol–water partition coefficient (Wildman–Crippen LogP) is 1.85. The van der Waals surface area contributed by atoms with Crippen molar-refractivity contribution in [3.8, 4) is 0 Å². The van der Waals surface area contributed by atoms with E-state index in [1.807, 2.05) is 39.0 Å². The van der Waals surface area contributed by atoms with Crippen molar-refractivity contribution in [1.82, 2.24) is 10.2 Å². The summed E-state index contributed by atoms with van der Waals surface area (Å²) in [5, 5.41) is 13.8. The molecule has 2 N–H and O–H groups in total. The third kappa shape index (κ3) is 4.05. The Kier molecular flexibility index (Phi) is 5.01. The van der Waals surface area contributed by atoms with E-state index in [4.69, 9.17) is 0 Å². The number of piperidine rings is 1. The largest absolute Gasteiger partial charge is 0.379 e. The van der Waals surface area contributed by atoms with E-state index in [0.717, 1.165) is 18.5 Å². The molecule has 0 spiro atoms. The number of nitrogens with one attached hydrogen (secondary N) is 1. The van der Waals surface area contributed by atoms with E-state index in [9.17, 15) is 9.90 Å². The van der Waals surface area contributed by atoms with Crippen LogP contribution in [0.15, 0.2) is 24.3 Å². The van der Waals surface area contributed by atoms with Gasteiger partial charge in [0.2, 0.25) is 0 Å². The number of benzene rings is 1. The number of amides is 1.